The van der Waals surface area contributed by atoms with Crippen LogP contribution in [0.4, 0.5) is 8.78 Å². The first kappa shape index (κ1) is 19.4. The normalized spacial score (nSPS) is 18.7. The van der Waals surface area contributed by atoms with Crippen molar-refractivity contribution in [3.63, 3.8) is 0 Å². The van der Waals surface area contributed by atoms with Crippen molar-refractivity contribution in [1.29, 1.82) is 0 Å². The monoisotopic (exact) mass is 374 g/mol. The van der Waals surface area contributed by atoms with Crippen molar-refractivity contribution >= 4 is 0 Å². The van der Waals surface area contributed by atoms with Crippen LogP contribution in [0.5, 0.6) is 0 Å². The largest absolute Gasteiger partial charge is 0.381 e. The van der Waals surface area contributed by atoms with Crippen LogP contribution in [0.15, 0.2) is 55.2 Å². The maximum Gasteiger partial charge on any atom is 0.137 e. The lowest BCUT2D eigenvalue weighted by Gasteiger charge is -2.43. The molecule has 1 aliphatic rings. The van der Waals surface area contributed by atoms with Gasteiger partial charge in [0.15, 0.2) is 0 Å². The second kappa shape index (κ2) is 8.10. The topological polar surface area (TPSA) is 54.2 Å². The number of allylic oxidation sites excluding steroid dienone is 2. The van der Waals surface area contributed by atoms with Crippen LogP contribution in [-0.4, -0.2) is 43.9 Å². The first-order valence-electron chi connectivity index (χ1n) is 8.99. The molecule has 1 saturated heterocycles. The molecule has 3 rings (SSSR count). The Morgan fingerprint density at radius 2 is 2.07 bits per heavy atom. The molecule has 7 heteroatoms. The second-order valence-electron chi connectivity index (χ2n) is 6.91. The van der Waals surface area contributed by atoms with Gasteiger partial charge in [-0.15, -0.1) is 0 Å². The van der Waals surface area contributed by atoms with Crippen molar-refractivity contribution in [2.45, 2.75) is 38.0 Å². The molecule has 0 radical (unpaired) electrons. The van der Waals surface area contributed by atoms with E-state index in [4.69, 9.17) is 0 Å². The summed E-state index contributed by atoms with van der Waals surface area (Å²) in [6.45, 7) is 7.09. The van der Waals surface area contributed by atoms with Crippen LogP contribution in [0.1, 0.15) is 25.3 Å². The Bertz CT molecular complexity index is 811. The number of benzene rings is 1. The number of hydrogen-bond acceptors (Lipinski definition) is 4. The lowest BCUT2D eigenvalue weighted by atomic mass is 9.84. The zero-order chi connectivity index (χ0) is 19.4. The Morgan fingerprint density at radius 1 is 1.33 bits per heavy atom. The van der Waals surface area contributed by atoms with Crippen LogP contribution < -0.4 is 0 Å². The molecule has 0 aliphatic carbocycles. The molecular formula is C20H24F2N4O. The number of aromatic nitrogens is 3. The van der Waals surface area contributed by atoms with Crippen LogP contribution in [-0.2, 0) is 12.1 Å². The molecular weight excluding hydrogens is 350 g/mol. The number of nitrogens with zero attached hydrogens (tertiary/aromatic N) is 4. The van der Waals surface area contributed by atoms with Gasteiger partial charge in [0.25, 0.3) is 0 Å². The fourth-order valence-electron chi connectivity index (χ4n) is 3.68. The SMILES string of the molecule is C=CC=C1CCN([C@H](C)[C@](O)(Cn2cncn2)c2ccc(F)cc2F)CC1. The Hall–Kier alpha value is -2.38. The van der Waals surface area contributed by atoms with Gasteiger partial charge < -0.3 is 5.11 Å². The van der Waals surface area contributed by atoms with Crippen LogP contribution >= 0.6 is 0 Å². The zero-order valence-electron chi connectivity index (χ0n) is 15.4. The number of rotatable bonds is 6. The predicted molar refractivity (Wildman–Crippen MR) is 98.8 cm³/mol. The van der Waals surface area contributed by atoms with Crippen molar-refractivity contribution in [2.24, 2.45) is 0 Å². The van der Waals surface area contributed by atoms with E-state index in [0.717, 1.165) is 32.0 Å². The molecule has 1 N–H and O–H groups in total. The Morgan fingerprint density at radius 3 is 2.67 bits per heavy atom. The van der Waals surface area contributed by atoms with Crippen molar-refractivity contribution in [1.82, 2.24) is 19.7 Å². The van der Waals surface area contributed by atoms with E-state index in [2.05, 4.69) is 21.6 Å². The summed E-state index contributed by atoms with van der Waals surface area (Å²) in [5.41, 5.74) is -0.230. The van der Waals surface area contributed by atoms with Crippen molar-refractivity contribution in [3.8, 4) is 0 Å². The highest BCUT2D eigenvalue weighted by atomic mass is 19.1. The maximum absolute atomic E-state index is 14.6. The first-order valence-corrected chi connectivity index (χ1v) is 8.99. The number of likely N-dealkylation sites (tertiary alicyclic amines) is 1. The number of hydrogen-bond donors (Lipinski definition) is 1. The van der Waals surface area contributed by atoms with Gasteiger partial charge >= 0.3 is 0 Å². The molecule has 0 bridgehead atoms. The van der Waals surface area contributed by atoms with Crippen molar-refractivity contribution in [2.75, 3.05) is 13.1 Å². The van der Waals surface area contributed by atoms with Crippen LogP contribution in [0, 0.1) is 11.6 Å². The third-order valence-corrected chi connectivity index (χ3v) is 5.30. The van der Waals surface area contributed by atoms with Gasteiger partial charge in [0.2, 0.25) is 0 Å². The summed E-state index contributed by atoms with van der Waals surface area (Å²) < 4.78 is 29.5. The highest BCUT2D eigenvalue weighted by Gasteiger charge is 2.42. The smallest absolute Gasteiger partial charge is 0.137 e. The molecule has 2 atom stereocenters. The van der Waals surface area contributed by atoms with E-state index >= 15 is 0 Å². The molecule has 2 aromatic rings. The van der Waals surface area contributed by atoms with Crippen LogP contribution in [0.3, 0.4) is 0 Å². The minimum absolute atomic E-state index is 0.0164. The summed E-state index contributed by atoms with van der Waals surface area (Å²) in [6, 6.07) is 2.87. The summed E-state index contributed by atoms with van der Waals surface area (Å²) in [5, 5.41) is 15.6. The molecule has 1 aromatic carbocycles. The molecule has 1 aromatic heterocycles. The summed E-state index contributed by atoms with van der Waals surface area (Å²) >= 11 is 0. The van der Waals surface area contributed by atoms with Crippen LogP contribution in [0.2, 0.25) is 0 Å². The number of halogens is 2. The molecule has 0 unspecified atom stereocenters. The highest BCUT2D eigenvalue weighted by Crippen LogP contribution is 2.34. The average Bonchev–Trinajstić information content (AvgIpc) is 3.14. The number of piperidine rings is 1. The van der Waals surface area contributed by atoms with E-state index in [1.165, 1.54) is 35.0 Å². The fraction of sp³-hybridized carbons (Fsp3) is 0.400. The first-order chi connectivity index (χ1) is 12.9. The van der Waals surface area contributed by atoms with E-state index in [1.54, 1.807) is 6.08 Å². The molecule has 2 heterocycles. The van der Waals surface area contributed by atoms with Crippen molar-refractivity contribution < 1.29 is 13.9 Å². The third kappa shape index (κ3) is 4.14. The van der Waals surface area contributed by atoms with E-state index < -0.39 is 23.3 Å². The third-order valence-electron chi connectivity index (χ3n) is 5.30. The standard InChI is InChI=1S/C20H24F2N4O/c1-3-4-16-7-9-25(10-8-16)15(2)20(27,12-26-14-23-13-24-26)18-6-5-17(21)11-19(18)22/h3-6,11,13-15,27H,1,7-10,12H2,2H3/t15-,20-/m1/s1. The van der Waals surface area contributed by atoms with E-state index in [9.17, 15) is 13.9 Å². The minimum Gasteiger partial charge on any atom is -0.381 e. The van der Waals surface area contributed by atoms with Crippen LogP contribution in [0.25, 0.3) is 0 Å². The minimum atomic E-state index is -1.59. The predicted octanol–water partition coefficient (Wildman–Crippen LogP) is 3.04. The lowest BCUT2D eigenvalue weighted by Crippen LogP contribution is -2.53. The van der Waals surface area contributed by atoms with Gasteiger partial charge in [-0.25, -0.2) is 18.4 Å². The summed E-state index contributed by atoms with van der Waals surface area (Å²) in [7, 11) is 0. The zero-order valence-corrected chi connectivity index (χ0v) is 15.4. The Kier molecular flexibility index (Phi) is 5.82. The fourth-order valence-corrected chi connectivity index (χ4v) is 3.68. The Labute approximate surface area is 157 Å². The molecule has 144 valence electrons. The molecule has 0 spiro atoms. The molecule has 1 aliphatic heterocycles. The quantitative estimate of drug-likeness (QED) is 0.844. The maximum atomic E-state index is 14.6. The molecule has 0 amide bonds. The highest BCUT2D eigenvalue weighted by molar-refractivity contribution is 5.27. The second-order valence-corrected chi connectivity index (χ2v) is 6.91. The van der Waals surface area contributed by atoms with E-state index in [0.29, 0.717) is 0 Å². The average molecular weight is 374 g/mol. The molecule has 0 saturated carbocycles. The molecule has 1 fully saturated rings. The lowest BCUT2D eigenvalue weighted by molar-refractivity contribution is -0.0657. The van der Waals surface area contributed by atoms with Gasteiger partial charge in [-0.2, -0.15) is 5.10 Å². The Balaban J connectivity index is 1.92. The van der Waals surface area contributed by atoms with Crippen molar-refractivity contribution in [3.05, 3.63) is 72.4 Å². The van der Waals surface area contributed by atoms with E-state index in [-0.39, 0.29) is 12.1 Å². The summed E-state index contributed by atoms with van der Waals surface area (Å²) in [5.74, 6) is -1.45. The van der Waals surface area contributed by atoms with E-state index in [1.807, 2.05) is 13.0 Å². The van der Waals surface area contributed by atoms with Gasteiger partial charge in [-0.05, 0) is 25.8 Å². The van der Waals surface area contributed by atoms with Gasteiger partial charge in [-0.3, -0.25) is 4.90 Å². The molecule has 5 nitrogen and oxygen atoms in total. The van der Waals surface area contributed by atoms with Gasteiger partial charge in [-0.1, -0.05) is 30.4 Å². The van der Waals surface area contributed by atoms with Gasteiger partial charge in [0.05, 0.1) is 6.54 Å². The summed E-state index contributed by atoms with van der Waals surface area (Å²) in [6.07, 6.45) is 8.36. The van der Waals surface area contributed by atoms with Gasteiger partial charge in [0.1, 0.15) is 29.9 Å². The van der Waals surface area contributed by atoms with Gasteiger partial charge in [0, 0.05) is 30.8 Å². The summed E-state index contributed by atoms with van der Waals surface area (Å²) in [4.78, 5) is 6.02. The number of aliphatic hydroxyl groups is 1. The molecule has 27 heavy (non-hydrogen) atoms.